The van der Waals surface area contributed by atoms with Crippen LogP contribution < -0.4 is 0 Å². The Morgan fingerprint density at radius 3 is 2.00 bits per heavy atom. The molecule has 11 rings (SSSR count). The topological polar surface area (TPSA) is 30.7 Å². The highest BCUT2D eigenvalue weighted by Crippen LogP contribution is 2.44. The van der Waals surface area contributed by atoms with E-state index in [-0.39, 0.29) is 0 Å². The third-order valence-corrected chi connectivity index (χ3v) is 11.1. The Hall–Kier alpha value is -6.10. The van der Waals surface area contributed by atoms with Gasteiger partial charge in [0.25, 0.3) is 0 Å². The van der Waals surface area contributed by atoms with E-state index in [0.717, 1.165) is 49.9 Å². The molecule has 8 aromatic carbocycles. The summed E-state index contributed by atoms with van der Waals surface area (Å²) in [5.41, 5.74) is 5.97. The molecule has 0 aliphatic rings. The Balaban J connectivity index is 1.30. The molecule has 0 N–H and O–H groups in total. The predicted molar refractivity (Wildman–Crippen MR) is 205 cm³/mol. The van der Waals surface area contributed by atoms with E-state index in [2.05, 4.69) is 156 Å². The summed E-state index contributed by atoms with van der Waals surface area (Å²) >= 11 is 1.89. The molecule has 0 saturated carbocycles. The molecule has 0 unspecified atom stereocenters. The maximum atomic E-state index is 5.58. The molecule has 0 radical (unpaired) electrons. The van der Waals surface area contributed by atoms with Crippen molar-refractivity contribution in [1.82, 2.24) is 14.5 Å². The van der Waals surface area contributed by atoms with Crippen molar-refractivity contribution < 1.29 is 0 Å². The molecule has 0 bridgehead atoms. The minimum Gasteiger partial charge on any atom is -0.292 e. The van der Waals surface area contributed by atoms with Gasteiger partial charge in [0.2, 0.25) is 0 Å². The fourth-order valence-electron chi connectivity index (χ4n) is 7.66. The van der Waals surface area contributed by atoms with E-state index in [1.165, 1.54) is 52.5 Å². The zero-order valence-corrected chi connectivity index (χ0v) is 26.5. The third-order valence-electron chi connectivity index (χ3n) is 9.93. The zero-order chi connectivity index (χ0) is 31.3. The lowest BCUT2D eigenvalue weighted by Crippen LogP contribution is -2.04. The molecular weight excluding hydrogens is 603 g/mol. The van der Waals surface area contributed by atoms with Gasteiger partial charge in [-0.05, 0) is 57.3 Å². The van der Waals surface area contributed by atoms with Crippen molar-refractivity contribution in [2.24, 2.45) is 0 Å². The Labute approximate surface area is 278 Å². The largest absolute Gasteiger partial charge is 0.292 e. The second-order valence-electron chi connectivity index (χ2n) is 12.6. The number of hydrogen-bond donors (Lipinski definition) is 0. The van der Waals surface area contributed by atoms with Gasteiger partial charge in [-0.1, -0.05) is 121 Å². The van der Waals surface area contributed by atoms with Gasteiger partial charge in [0.15, 0.2) is 5.82 Å². The fourth-order valence-corrected chi connectivity index (χ4v) is 8.92. The minimum absolute atomic E-state index is 0.838. The maximum absolute atomic E-state index is 5.58. The average Bonchev–Trinajstić information content (AvgIpc) is 3.68. The summed E-state index contributed by atoms with van der Waals surface area (Å²) in [6.07, 6.45) is 0. The second-order valence-corrected chi connectivity index (χ2v) is 13.6. The molecule has 48 heavy (non-hydrogen) atoms. The first-order valence-corrected chi connectivity index (χ1v) is 17.1. The van der Waals surface area contributed by atoms with Gasteiger partial charge < -0.3 is 0 Å². The molecule has 0 aliphatic carbocycles. The van der Waals surface area contributed by atoms with Crippen LogP contribution in [-0.2, 0) is 0 Å². The molecule has 0 atom stereocenters. The van der Waals surface area contributed by atoms with Crippen molar-refractivity contribution in [1.29, 1.82) is 0 Å². The van der Waals surface area contributed by atoms with Crippen LogP contribution in [0.15, 0.2) is 152 Å². The SMILES string of the molecule is c1ccc2cc(-c3nc4ccc5ccccc5c4nc3-n3c4ccccc4c4cc5sc6c7ccccc7ccc6c5cc43)ccc2c1. The first kappa shape index (κ1) is 26.0. The molecule has 3 aromatic heterocycles. The van der Waals surface area contributed by atoms with E-state index in [9.17, 15) is 0 Å². The first-order chi connectivity index (χ1) is 23.8. The molecule has 0 spiro atoms. The van der Waals surface area contributed by atoms with Crippen molar-refractivity contribution in [3.63, 3.8) is 0 Å². The van der Waals surface area contributed by atoms with Gasteiger partial charge in [0.05, 0.1) is 22.1 Å². The lowest BCUT2D eigenvalue weighted by Gasteiger charge is -2.15. The summed E-state index contributed by atoms with van der Waals surface area (Å²) in [7, 11) is 0. The number of para-hydroxylation sites is 1. The zero-order valence-electron chi connectivity index (χ0n) is 25.7. The van der Waals surface area contributed by atoms with Crippen LogP contribution in [0.3, 0.4) is 0 Å². The van der Waals surface area contributed by atoms with Crippen LogP contribution in [0.1, 0.15) is 0 Å². The van der Waals surface area contributed by atoms with Crippen molar-refractivity contribution in [2.75, 3.05) is 0 Å². The van der Waals surface area contributed by atoms with Gasteiger partial charge in [0, 0.05) is 41.9 Å². The Bertz CT molecular complexity index is 3130. The molecule has 3 heterocycles. The summed E-state index contributed by atoms with van der Waals surface area (Å²) in [5.74, 6) is 0.838. The van der Waals surface area contributed by atoms with Crippen LogP contribution in [0.25, 0.3) is 102 Å². The van der Waals surface area contributed by atoms with E-state index < -0.39 is 0 Å². The van der Waals surface area contributed by atoms with Crippen molar-refractivity contribution in [2.45, 2.75) is 0 Å². The van der Waals surface area contributed by atoms with Crippen LogP contribution in [0.4, 0.5) is 0 Å². The van der Waals surface area contributed by atoms with Crippen LogP contribution in [0.2, 0.25) is 0 Å². The number of hydrogen-bond acceptors (Lipinski definition) is 3. The smallest absolute Gasteiger partial charge is 0.165 e. The molecular formula is C44H25N3S. The average molecular weight is 628 g/mol. The van der Waals surface area contributed by atoms with Gasteiger partial charge in [-0.15, -0.1) is 11.3 Å². The van der Waals surface area contributed by atoms with Crippen LogP contribution >= 0.6 is 11.3 Å². The maximum Gasteiger partial charge on any atom is 0.165 e. The van der Waals surface area contributed by atoms with Gasteiger partial charge in [-0.3, -0.25) is 4.57 Å². The molecule has 0 saturated heterocycles. The predicted octanol–water partition coefficient (Wildman–Crippen LogP) is 12.2. The Morgan fingerprint density at radius 1 is 0.438 bits per heavy atom. The standard InChI is InChI=1S/C44H25N3S/c1-2-12-29-23-30(18-17-26(29)9-1)41-44(46-42-31-13-5-3-10-27(31)20-22-37(42)45-41)47-38-16-8-7-15-33(38)35-25-40-36(24-39(35)47)34-21-19-28-11-4-6-14-32(28)43(34)48-40/h1-25H. The molecule has 0 amide bonds. The van der Waals surface area contributed by atoms with Crippen LogP contribution in [-0.4, -0.2) is 14.5 Å². The summed E-state index contributed by atoms with van der Waals surface area (Å²) in [6, 6.07) is 54.6. The van der Waals surface area contributed by atoms with Gasteiger partial charge in [0.1, 0.15) is 5.69 Å². The summed E-state index contributed by atoms with van der Waals surface area (Å²) in [5, 5.41) is 12.2. The van der Waals surface area contributed by atoms with Crippen molar-refractivity contribution in [3.8, 4) is 17.1 Å². The number of fused-ring (bicyclic) bond motifs is 12. The lowest BCUT2D eigenvalue weighted by atomic mass is 10.0. The van der Waals surface area contributed by atoms with Crippen LogP contribution in [0, 0.1) is 0 Å². The highest BCUT2D eigenvalue weighted by Gasteiger charge is 2.21. The normalized spacial score (nSPS) is 12.2. The van der Waals surface area contributed by atoms with Gasteiger partial charge in [-0.25, -0.2) is 9.97 Å². The van der Waals surface area contributed by atoms with Gasteiger partial charge in [-0.2, -0.15) is 0 Å². The van der Waals surface area contributed by atoms with Crippen molar-refractivity contribution in [3.05, 3.63) is 152 Å². The Morgan fingerprint density at radius 2 is 1.12 bits per heavy atom. The summed E-state index contributed by atoms with van der Waals surface area (Å²) in [6.45, 7) is 0. The summed E-state index contributed by atoms with van der Waals surface area (Å²) in [4.78, 5) is 11.0. The van der Waals surface area contributed by atoms with E-state index in [1.54, 1.807) is 0 Å². The lowest BCUT2D eigenvalue weighted by molar-refractivity contribution is 1.08. The van der Waals surface area contributed by atoms with E-state index in [4.69, 9.17) is 9.97 Å². The molecule has 3 nitrogen and oxygen atoms in total. The Kier molecular flexibility index (Phi) is 5.26. The quantitative estimate of drug-likeness (QED) is 0.179. The highest BCUT2D eigenvalue weighted by atomic mass is 32.1. The number of rotatable bonds is 2. The first-order valence-electron chi connectivity index (χ1n) is 16.2. The highest BCUT2D eigenvalue weighted by molar-refractivity contribution is 7.26. The van der Waals surface area contributed by atoms with Gasteiger partial charge >= 0.3 is 0 Å². The van der Waals surface area contributed by atoms with Crippen molar-refractivity contribution >= 4 is 96.7 Å². The van der Waals surface area contributed by atoms with Crippen LogP contribution in [0.5, 0.6) is 0 Å². The molecule has 0 aliphatic heterocycles. The number of nitrogens with zero attached hydrogens (tertiary/aromatic N) is 3. The molecule has 0 fully saturated rings. The molecule has 222 valence electrons. The third kappa shape index (κ3) is 3.63. The van der Waals surface area contributed by atoms with E-state index in [1.807, 2.05) is 11.3 Å². The monoisotopic (exact) mass is 627 g/mol. The number of benzene rings is 8. The molecule has 11 aromatic rings. The molecule has 4 heteroatoms. The number of aromatic nitrogens is 3. The number of thiophene rings is 1. The minimum atomic E-state index is 0.838. The van der Waals surface area contributed by atoms with E-state index >= 15 is 0 Å². The summed E-state index contributed by atoms with van der Waals surface area (Å²) < 4.78 is 4.98. The second kappa shape index (κ2) is 9.71. The van der Waals surface area contributed by atoms with E-state index in [0.29, 0.717) is 0 Å². The fraction of sp³-hybridized carbons (Fsp3) is 0.